The van der Waals surface area contributed by atoms with Gasteiger partial charge in [-0.25, -0.2) is 0 Å². The first-order valence-corrected chi connectivity index (χ1v) is 13.6. The molecular weight excluding hydrogens is 468 g/mol. The molecule has 4 unspecified atom stereocenters. The number of fused-ring (bicyclic) bond motifs is 6. The summed E-state index contributed by atoms with van der Waals surface area (Å²) in [6.07, 6.45) is 6.17. The minimum absolute atomic E-state index is 0.145. The van der Waals surface area contributed by atoms with Gasteiger partial charge in [-0.2, -0.15) is 0 Å². The number of hydrogen-bond acceptors (Lipinski definition) is 4. The van der Waals surface area contributed by atoms with Crippen molar-refractivity contribution in [3.05, 3.63) is 109 Å². The van der Waals surface area contributed by atoms with E-state index in [0.717, 1.165) is 36.0 Å². The van der Waals surface area contributed by atoms with Gasteiger partial charge in [0, 0.05) is 24.2 Å². The number of aromatic hydroxyl groups is 1. The molecule has 0 amide bonds. The van der Waals surface area contributed by atoms with Crippen LogP contribution in [0.3, 0.4) is 0 Å². The van der Waals surface area contributed by atoms with Crippen LogP contribution in [0.1, 0.15) is 30.1 Å². The largest absolute Gasteiger partial charge is 0.508 e. The van der Waals surface area contributed by atoms with Crippen LogP contribution in [0.5, 0.6) is 5.75 Å². The van der Waals surface area contributed by atoms with Crippen LogP contribution in [0.4, 0.5) is 0 Å². The quantitative estimate of drug-likeness (QED) is 0.195. The minimum Gasteiger partial charge on any atom is -0.508 e. The second-order valence-corrected chi connectivity index (χ2v) is 10.9. The Balaban J connectivity index is 1.34. The van der Waals surface area contributed by atoms with Crippen molar-refractivity contribution in [2.24, 2.45) is 11.8 Å². The number of benzene rings is 4. The van der Waals surface area contributed by atoms with E-state index in [-0.39, 0.29) is 17.9 Å². The Morgan fingerprint density at radius 2 is 1.74 bits per heavy atom. The average Bonchev–Trinajstić information content (AvgIpc) is 2.97. The first kappa shape index (κ1) is 23.4. The van der Waals surface area contributed by atoms with Gasteiger partial charge >= 0.3 is 0 Å². The molecule has 1 N–H and O–H groups in total. The highest BCUT2D eigenvalue weighted by Gasteiger charge is 2.43. The number of hydrogen-bond donors (Lipinski definition) is 1. The first-order chi connectivity index (χ1) is 18.7. The molecule has 3 fully saturated rings. The van der Waals surface area contributed by atoms with E-state index >= 15 is 0 Å². The van der Waals surface area contributed by atoms with Crippen LogP contribution in [0.2, 0.25) is 0 Å². The van der Waals surface area contributed by atoms with Crippen molar-refractivity contribution in [2.45, 2.75) is 31.6 Å². The van der Waals surface area contributed by atoms with Gasteiger partial charge in [0.2, 0.25) is 0 Å². The van der Waals surface area contributed by atoms with Crippen LogP contribution >= 0.6 is 0 Å². The molecule has 4 nitrogen and oxygen atoms in total. The van der Waals surface area contributed by atoms with E-state index in [4.69, 9.17) is 4.74 Å². The number of phenols is 1. The number of nitrogens with zero attached hydrogens (tertiary/aromatic N) is 2. The molecule has 8 rings (SSSR count). The molecule has 3 aliphatic rings. The third-order valence-corrected chi connectivity index (χ3v) is 8.86. The molecule has 4 heteroatoms. The molecule has 0 spiro atoms. The Hall–Kier alpha value is -3.73. The topological polar surface area (TPSA) is 45.6 Å². The zero-order valence-corrected chi connectivity index (χ0v) is 21.5. The molecule has 190 valence electrons. The lowest BCUT2D eigenvalue weighted by Crippen LogP contribution is -2.55. The van der Waals surface area contributed by atoms with Crippen molar-refractivity contribution in [1.82, 2.24) is 9.88 Å². The Kier molecular flexibility index (Phi) is 5.87. The Labute approximate surface area is 223 Å². The maximum atomic E-state index is 10.4. The Bertz CT molecular complexity index is 1610. The molecule has 0 radical (unpaired) electrons. The van der Waals surface area contributed by atoms with E-state index in [2.05, 4.69) is 83.2 Å². The minimum atomic E-state index is -0.145. The number of piperidine rings is 3. The average molecular weight is 501 g/mol. The van der Waals surface area contributed by atoms with Crippen LogP contribution in [0, 0.1) is 11.8 Å². The molecule has 0 aliphatic carbocycles. The molecule has 4 heterocycles. The van der Waals surface area contributed by atoms with Crippen LogP contribution < -0.4 is 0 Å². The number of phenolic OH excluding ortho intramolecular Hbond substituents is 1. The van der Waals surface area contributed by atoms with E-state index in [1.165, 1.54) is 33.5 Å². The van der Waals surface area contributed by atoms with Crippen molar-refractivity contribution < 1.29 is 9.84 Å². The van der Waals surface area contributed by atoms with Crippen molar-refractivity contribution in [3.8, 4) is 5.75 Å². The molecule has 0 saturated carbocycles. The fourth-order valence-corrected chi connectivity index (χ4v) is 6.94. The van der Waals surface area contributed by atoms with Crippen molar-refractivity contribution in [2.75, 3.05) is 13.1 Å². The predicted octanol–water partition coefficient (Wildman–Crippen LogP) is 7.40. The van der Waals surface area contributed by atoms with Gasteiger partial charge in [0.05, 0.1) is 18.2 Å². The van der Waals surface area contributed by atoms with Crippen LogP contribution in [-0.4, -0.2) is 34.1 Å². The lowest BCUT2D eigenvalue weighted by Gasteiger charge is -2.51. The second kappa shape index (κ2) is 9.54. The molecule has 5 aromatic rings. The van der Waals surface area contributed by atoms with Gasteiger partial charge in [0.1, 0.15) is 5.75 Å². The molecule has 5 atom stereocenters. The fraction of sp³-hybridized carbons (Fsp3) is 0.265. The summed E-state index contributed by atoms with van der Waals surface area (Å²) in [7, 11) is 0. The summed E-state index contributed by atoms with van der Waals surface area (Å²) >= 11 is 0. The second-order valence-electron chi connectivity index (χ2n) is 10.9. The lowest BCUT2D eigenvalue weighted by molar-refractivity contribution is -0.0799. The van der Waals surface area contributed by atoms with Crippen molar-refractivity contribution >= 4 is 32.4 Å². The Morgan fingerprint density at radius 1 is 0.974 bits per heavy atom. The zero-order chi connectivity index (χ0) is 25.6. The first-order valence-electron chi connectivity index (χ1n) is 13.6. The van der Waals surface area contributed by atoms with Crippen LogP contribution in [-0.2, 0) is 11.3 Å². The summed E-state index contributed by atoms with van der Waals surface area (Å²) in [6, 6.07) is 27.2. The molecule has 38 heavy (non-hydrogen) atoms. The third kappa shape index (κ3) is 3.96. The highest BCUT2D eigenvalue weighted by molar-refractivity contribution is 6.02. The monoisotopic (exact) mass is 500 g/mol. The summed E-state index contributed by atoms with van der Waals surface area (Å²) in [5.74, 6) is 1.43. The number of rotatable bonds is 6. The van der Waals surface area contributed by atoms with Gasteiger partial charge in [0.15, 0.2) is 0 Å². The van der Waals surface area contributed by atoms with E-state index in [0.29, 0.717) is 18.4 Å². The fourth-order valence-electron chi connectivity index (χ4n) is 6.94. The molecule has 4 aromatic carbocycles. The standard InChI is InChI=1S/C34H32N2O2/c1-2-22-20-36-16-14-23(22)18-33(36)34(29-13-15-35-32-12-11-26(37)19-30(29)32)38-21-31-27-9-5-3-7-24(27)17-25-8-4-6-10-28(25)31/h2-13,15,17,19,22-23,33-34,37H,1,14,16,18,20-21H2/t22?,23?,33?,34-/m0/s1. The zero-order valence-electron chi connectivity index (χ0n) is 21.5. The highest BCUT2D eigenvalue weighted by Crippen LogP contribution is 2.44. The Morgan fingerprint density at radius 3 is 2.45 bits per heavy atom. The number of aromatic nitrogens is 1. The summed E-state index contributed by atoms with van der Waals surface area (Å²) < 4.78 is 7.06. The van der Waals surface area contributed by atoms with Gasteiger partial charge in [-0.15, -0.1) is 6.58 Å². The van der Waals surface area contributed by atoms with E-state index in [1.54, 1.807) is 6.07 Å². The van der Waals surface area contributed by atoms with Crippen molar-refractivity contribution in [1.29, 1.82) is 0 Å². The summed E-state index contributed by atoms with van der Waals surface area (Å²) in [6.45, 7) is 6.75. The molecule has 3 saturated heterocycles. The van der Waals surface area contributed by atoms with E-state index in [9.17, 15) is 5.11 Å². The van der Waals surface area contributed by atoms with Crippen molar-refractivity contribution in [3.63, 3.8) is 0 Å². The smallest absolute Gasteiger partial charge is 0.116 e. The highest BCUT2D eigenvalue weighted by atomic mass is 16.5. The number of pyridine rings is 1. The van der Waals surface area contributed by atoms with Crippen LogP contribution in [0.15, 0.2) is 97.7 Å². The van der Waals surface area contributed by atoms with Gasteiger partial charge in [0.25, 0.3) is 0 Å². The van der Waals surface area contributed by atoms with Gasteiger partial charge in [-0.3, -0.25) is 9.88 Å². The molecule has 1 aromatic heterocycles. The molecule has 3 aliphatic heterocycles. The lowest BCUT2D eigenvalue weighted by atomic mass is 9.73. The van der Waals surface area contributed by atoms with Gasteiger partial charge in [-0.05, 0) is 94.2 Å². The van der Waals surface area contributed by atoms with Crippen LogP contribution in [0.25, 0.3) is 32.4 Å². The summed E-state index contributed by atoms with van der Waals surface area (Å²) in [5.41, 5.74) is 3.21. The summed E-state index contributed by atoms with van der Waals surface area (Å²) in [5, 5.41) is 16.3. The molecular formula is C34H32N2O2. The SMILES string of the molecule is C=CC1CN2CCC1CC2[C@@H](OCc1c2ccccc2cc2ccccc12)c1ccnc2ccc(O)cc12. The maximum Gasteiger partial charge on any atom is 0.116 e. The normalized spacial score (nSPS) is 23.7. The van der Waals surface area contributed by atoms with E-state index in [1.807, 2.05) is 18.3 Å². The molecule has 2 bridgehead atoms. The maximum absolute atomic E-state index is 10.4. The predicted molar refractivity (Wildman–Crippen MR) is 154 cm³/mol. The third-order valence-electron chi connectivity index (χ3n) is 8.86. The van der Waals surface area contributed by atoms with Gasteiger partial charge in [-0.1, -0.05) is 54.6 Å². The summed E-state index contributed by atoms with van der Waals surface area (Å²) in [4.78, 5) is 7.19. The van der Waals surface area contributed by atoms with E-state index < -0.39 is 0 Å². The number of ether oxygens (including phenoxy) is 1. The van der Waals surface area contributed by atoms with Gasteiger partial charge < -0.3 is 9.84 Å².